The number of phenols is 1. The molecule has 3 rings (SSSR count). The number of rotatable bonds is 5. The maximum absolute atomic E-state index is 12.4. The molecular formula is C19H17N3O3. The van der Waals surface area contributed by atoms with Crippen LogP contribution in [0.1, 0.15) is 5.56 Å². The first kappa shape index (κ1) is 16.4. The first-order valence-corrected chi connectivity index (χ1v) is 7.74. The van der Waals surface area contributed by atoms with Gasteiger partial charge in [0.2, 0.25) is 5.91 Å². The van der Waals surface area contributed by atoms with Crippen LogP contribution in [0, 0.1) is 17.2 Å². The molecule has 0 aliphatic rings. The molecule has 3 N–H and O–H groups in total. The number of ether oxygens (including phenoxy) is 1. The van der Waals surface area contributed by atoms with Crippen molar-refractivity contribution >= 4 is 22.5 Å². The van der Waals surface area contributed by atoms with Crippen LogP contribution >= 0.6 is 0 Å². The molecule has 126 valence electrons. The van der Waals surface area contributed by atoms with Gasteiger partial charge in [-0.25, -0.2) is 0 Å². The number of aromatic amines is 1. The SMILES string of the molecule is COc1ccc2[nH]cc(CC(C#N)C(=O)Nc3cccc(O)c3)c2c1. The van der Waals surface area contributed by atoms with E-state index in [1.165, 1.54) is 12.1 Å². The standard InChI is InChI=1S/C19H17N3O3/c1-25-16-5-6-18-17(9-16)13(11-21-18)7-12(10-20)19(24)22-14-3-2-4-15(23)8-14/h2-6,8-9,11-12,21,23H,7H2,1H3,(H,22,24). The van der Waals surface area contributed by atoms with E-state index in [9.17, 15) is 15.2 Å². The second-order valence-corrected chi connectivity index (χ2v) is 5.65. The molecule has 0 radical (unpaired) electrons. The maximum atomic E-state index is 12.4. The minimum absolute atomic E-state index is 0.0510. The quantitative estimate of drug-likeness (QED) is 0.667. The number of fused-ring (bicyclic) bond motifs is 1. The smallest absolute Gasteiger partial charge is 0.242 e. The molecule has 1 atom stereocenters. The molecule has 0 aliphatic carbocycles. The molecule has 0 bridgehead atoms. The van der Waals surface area contributed by atoms with Crippen LogP contribution in [-0.2, 0) is 11.2 Å². The highest BCUT2D eigenvalue weighted by Crippen LogP contribution is 2.26. The van der Waals surface area contributed by atoms with E-state index in [0.717, 1.165) is 16.5 Å². The van der Waals surface area contributed by atoms with Gasteiger partial charge in [-0.15, -0.1) is 0 Å². The molecule has 1 amide bonds. The molecule has 2 aromatic carbocycles. The predicted octanol–water partition coefficient (Wildman–Crippen LogP) is 3.20. The number of carbonyl (C=O) groups is 1. The molecule has 0 spiro atoms. The van der Waals surface area contributed by atoms with Crippen LogP contribution in [0.25, 0.3) is 10.9 Å². The number of nitrogens with one attached hydrogen (secondary N) is 2. The Morgan fingerprint density at radius 1 is 1.36 bits per heavy atom. The number of benzene rings is 2. The zero-order chi connectivity index (χ0) is 17.8. The third-order valence-corrected chi connectivity index (χ3v) is 3.98. The van der Waals surface area contributed by atoms with E-state index in [1.54, 1.807) is 25.4 Å². The predicted molar refractivity (Wildman–Crippen MR) is 94.4 cm³/mol. The van der Waals surface area contributed by atoms with Crippen LogP contribution < -0.4 is 10.1 Å². The molecule has 3 aromatic rings. The fourth-order valence-corrected chi connectivity index (χ4v) is 2.68. The second-order valence-electron chi connectivity index (χ2n) is 5.65. The molecule has 0 aliphatic heterocycles. The number of nitriles is 1. The van der Waals surface area contributed by atoms with Gasteiger partial charge in [-0.1, -0.05) is 6.07 Å². The van der Waals surface area contributed by atoms with Gasteiger partial charge in [0.1, 0.15) is 17.4 Å². The fourth-order valence-electron chi connectivity index (χ4n) is 2.68. The molecule has 1 unspecified atom stereocenters. The number of H-pyrrole nitrogens is 1. The van der Waals surface area contributed by atoms with Crippen molar-refractivity contribution in [1.29, 1.82) is 5.26 Å². The molecule has 25 heavy (non-hydrogen) atoms. The summed E-state index contributed by atoms with van der Waals surface area (Å²) in [5.41, 5.74) is 2.23. The summed E-state index contributed by atoms with van der Waals surface area (Å²) in [7, 11) is 1.59. The van der Waals surface area contributed by atoms with Crippen LogP contribution in [0.5, 0.6) is 11.5 Å². The molecule has 1 aromatic heterocycles. The lowest BCUT2D eigenvalue weighted by atomic mass is 9.99. The van der Waals surface area contributed by atoms with Crippen LogP contribution in [0.15, 0.2) is 48.7 Å². The molecule has 6 nitrogen and oxygen atoms in total. The van der Waals surface area contributed by atoms with E-state index in [1.807, 2.05) is 24.3 Å². The zero-order valence-electron chi connectivity index (χ0n) is 13.6. The van der Waals surface area contributed by atoms with Crippen LogP contribution in [0.4, 0.5) is 5.69 Å². The third-order valence-electron chi connectivity index (χ3n) is 3.98. The largest absolute Gasteiger partial charge is 0.508 e. The summed E-state index contributed by atoms with van der Waals surface area (Å²) in [6.07, 6.45) is 2.07. The molecular weight excluding hydrogens is 318 g/mol. The van der Waals surface area contributed by atoms with Gasteiger partial charge in [0, 0.05) is 28.9 Å². The van der Waals surface area contributed by atoms with Gasteiger partial charge in [0.15, 0.2) is 0 Å². The summed E-state index contributed by atoms with van der Waals surface area (Å²) >= 11 is 0. The van der Waals surface area contributed by atoms with Crippen molar-refractivity contribution in [2.75, 3.05) is 12.4 Å². The van der Waals surface area contributed by atoms with Gasteiger partial charge >= 0.3 is 0 Å². The normalized spacial score (nSPS) is 11.7. The van der Waals surface area contributed by atoms with Gasteiger partial charge < -0.3 is 20.1 Å². The lowest BCUT2D eigenvalue weighted by molar-refractivity contribution is -0.118. The van der Waals surface area contributed by atoms with Gasteiger partial charge in [0.05, 0.1) is 13.2 Å². The first-order chi connectivity index (χ1) is 12.1. The summed E-state index contributed by atoms with van der Waals surface area (Å²) in [6.45, 7) is 0. The van der Waals surface area contributed by atoms with Crippen molar-refractivity contribution in [1.82, 2.24) is 4.98 Å². The number of carbonyl (C=O) groups excluding carboxylic acids is 1. The van der Waals surface area contributed by atoms with Gasteiger partial charge in [0.25, 0.3) is 0 Å². The van der Waals surface area contributed by atoms with Crippen LogP contribution in [0.3, 0.4) is 0 Å². The Morgan fingerprint density at radius 3 is 2.92 bits per heavy atom. The molecule has 0 saturated carbocycles. The lowest BCUT2D eigenvalue weighted by Gasteiger charge is -2.10. The maximum Gasteiger partial charge on any atom is 0.242 e. The number of hydrogen-bond donors (Lipinski definition) is 3. The number of methoxy groups -OCH3 is 1. The number of phenolic OH excluding ortho intramolecular Hbond substituents is 1. The first-order valence-electron chi connectivity index (χ1n) is 7.74. The van der Waals surface area contributed by atoms with Crippen LogP contribution in [-0.4, -0.2) is 23.1 Å². The Balaban J connectivity index is 1.80. The number of amides is 1. The number of aromatic nitrogens is 1. The lowest BCUT2D eigenvalue weighted by Crippen LogP contribution is -2.23. The van der Waals surface area contributed by atoms with E-state index >= 15 is 0 Å². The monoisotopic (exact) mass is 335 g/mol. The van der Waals surface area contributed by atoms with Gasteiger partial charge in [-0.2, -0.15) is 5.26 Å². The highest BCUT2D eigenvalue weighted by atomic mass is 16.5. The van der Waals surface area contributed by atoms with Crippen molar-refractivity contribution in [2.45, 2.75) is 6.42 Å². The van der Waals surface area contributed by atoms with Crippen molar-refractivity contribution in [3.05, 3.63) is 54.2 Å². The van der Waals surface area contributed by atoms with E-state index in [0.29, 0.717) is 11.4 Å². The van der Waals surface area contributed by atoms with Gasteiger partial charge in [-0.3, -0.25) is 4.79 Å². The Hall–Kier alpha value is -3.46. The van der Waals surface area contributed by atoms with Crippen molar-refractivity contribution < 1.29 is 14.6 Å². The summed E-state index contributed by atoms with van der Waals surface area (Å²) in [5, 5.41) is 22.5. The average Bonchev–Trinajstić information content (AvgIpc) is 3.01. The van der Waals surface area contributed by atoms with E-state index < -0.39 is 11.8 Å². The Morgan fingerprint density at radius 2 is 2.20 bits per heavy atom. The minimum Gasteiger partial charge on any atom is -0.508 e. The summed E-state index contributed by atoms with van der Waals surface area (Å²) in [4.78, 5) is 15.5. The van der Waals surface area contributed by atoms with Gasteiger partial charge in [-0.05, 0) is 42.3 Å². The summed E-state index contributed by atoms with van der Waals surface area (Å²) in [6, 6.07) is 13.9. The molecule has 0 fully saturated rings. The zero-order valence-corrected chi connectivity index (χ0v) is 13.6. The second kappa shape index (κ2) is 6.97. The summed E-state index contributed by atoms with van der Waals surface area (Å²) < 4.78 is 5.23. The highest BCUT2D eigenvalue weighted by Gasteiger charge is 2.20. The van der Waals surface area contributed by atoms with Crippen molar-refractivity contribution in [3.8, 4) is 17.6 Å². The minimum atomic E-state index is -0.854. The number of nitrogens with zero attached hydrogens (tertiary/aromatic N) is 1. The van der Waals surface area contributed by atoms with Crippen molar-refractivity contribution in [2.24, 2.45) is 5.92 Å². The fraction of sp³-hybridized carbons (Fsp3) is 0.158. The van der Waals surface area contributed by atoms with E-state index in [-0.39, 0.29) is 12.2 Å². The highest BCUT2D eigenvalue weighted by molar-refractivity contribution is 5.95. The topological polar surface area (TPSA) is 98.1 Å². The number of aromatic hydroxyl groups is 1. The van der Waals surface area contributed by atoms with E-state index in [4.69, 9.17) is 4.74 Å². The molecule has 6 heteroatoms. The Kier molecular flexibility index (Phi) is 4.57. The number of hydrogen-bond acceptors (Lipinski definition) is 4. The van der Waals surface area contributed by atoms with E-state index in [2.05, 4.69) is 10.3 Å². The molecule has 1 heterocycles. The average molecular weight is 335 g/mol. The Bertz CT molecular complexity index is 956. The summed E-state index contributed by atoms with van der Waals surface area (Å²) in [5.74, 6) is -0.501. The van der Waals surface area contributed by atoms with Crippen molar-refractivity contribution in [3.63, 3.8) is 0 Å². The third kappa shape index (κ3) is 3.56. The number of anilines is 1. The Labute approximate surface area is 144 Å². The van der Waals surface area contributed by atoms with Crippen LogP contribution in [0.2, 0.25) is 0 Å². The molecule has 0 saturated heterocycles.